The van der Waals surface area contributed by atoms with E-state index in [2.05, 4.69) is 6.58 Å². The molecule has 1 atom stereocenters. The van der Waals surface area contributed by atoms with E-state index in [0.29, 0.717) is 0 Å². The molecular formula is C11H14O2. The highest BCUT2D eigenvalue weighted by molar-refractivity contribution is 5.38. The summed E-state index contributed by atoms with van der Waals surface area (Å²) in [6.07, 6.45) is 1.72. The second-order valence-electron chi connectivity index (χ2n) is 2.77. The second kappa shape index (κ2) is 4.67. The van der Waals surface area contributed by atoms with Crippen LogP contribution in [-0.4, -0.2) is 18.8 Å². The predicted octanol–water partition coefficient (Wildman–Crippen LogP) is 1.96. The van der Waals surface area contributed by atoms with Crippen molar-refractivity contribution in [1.29, 1.82) is 0 Å². The van der Waals surface area contributed by atoms with E-state index in [0.717, 1.165) is 11.3 Å². The SMILES string of the molecule is C=CC(CO)c1ccccc1OC. The summed E-state index contributed by atoms with van der Waals surface area (Å²) in [4.78, 5) is 0. The van der Waals surface area contributed by atoms with Gasteiger partial charge in [-0.3, -0.25) is 0 Å². The standard InChI is InChI=1S/C11H14O2/c1-3-9(8-12)10-6-4-5-7-11(10)13-2/h3-7,9,12H,1,8H2,2H3. The topological polar surface area (TPSA) is 29.5 Å². The number of aliphatic hydroxyl groups is 1. The summed E-state index contributed by atoms with van der Waals surface area (Å²) in [6, 6.07) is 7.63. The van der Waals surface area contributed by atoms with Crippen LogP contribution in [0, 0.1) is 0 Å². The molecule has 1 rings (SSSR count). The van der Waals surface area contributed by atoms with E-state index in [1.54, 1.807) is 13.2 Å². The van der Waals surface area contributed by atoms with Gasteiger partial charge in [0.15, 0.2) is 0 Å². The fourth-order valence-corrected chi connectivity index (χ4v) is 1.27. The van der Waals surface area contributed by atoms with E-state index >= 15 is 0 Å². The van der Waals surface area contributed by atoms with Crippen LogP contribution in [0.25, 0.3) is 0 Å². The fourth-order valence-electron chi connectivity index (χ4n) is 1.27. The van der Waals surface area contributed by atoms with Gasteiger partial charge in [-0.2, -0.15) is 0 Å². The third-order valence-electron chi connectivity index (χ3n) is 2.02. The third kappa shape index (κ3) is 2.10. The lowest BCUT2D eigenvalue weighted by Crippen LogP contribution is -2.02. The Morgan fingerprint density at radius 3 is 2.77 bits per heavy atom. The smallest absolute Gasteiger partial charge is 0.122 e. The molecule has 0 bridgehead atoms. The first kappa shape index (κ1) is 9.81. The number of methoxy groups -OCH3 is 1. The molecule has 0 saturated heterocycles. The average Bonchev–Trinajstić information content (AvgIpc) is 2.20. The highest BCUT2D eigenvalue weighted by Crippen LogP contribution is 2.26. The largest absolute Gasteiger partial charge is 0.496 e. The molecule has 1 aromatic rings. The van der Waals surface area contributed by atoms with Crippen molar-refractivity contribution >= 4 is 0 Å². The summed E-state index contributed by atoms with van der Waals surface area (Å²) < 4.78 is 5.17. The number of hydrogen-bond donors (Lipinski definition) is 1. The summed E-state index contributed by atoms with van der Waals surface area (Å²) >= 11 is 0. The monoisotopic (exact) mass is 178 g/mol. The fraction of sp³-hybridized carbons (Fsp3) is 0.273. The van der Waals surface area contributed by atoms with E-state index in [1.807, 2.05) is 24.3 Å². The lowest BCUT2D eigenvalue weighted by atomic mass is 9.99. The van der Waals surface area contributed by atoms with Gasteiger partial charge in [-0.25, -0.2) is 0 Å². The molecule has 0 aliphatic heterocycles. The van der Waals surface area contributed by atoms with E-state index < -0.39 is 0 Å². The Hall–Kier alpha value is -1.28. The molecule has 1 N–H and O–H groups in total. The maximum absolute atomic E-state index is 9.07. The lowest BCUT2D eigenvalue weighted by molar-refractivity contribution is 0.280. The molecule has 0 saturated carbocycles. The summed E-state index contributed by atoms with van der Waals surface area (Å²) in [5, 5.41) is 9.07. The zero-order valence-corrected chi connectivity index (χ0v) is 7.73. The van der Waals surface area contributed by atoms with Crippen molar-refractivity contribution in [3.05, 3.63) is 42.5 Å². The molecule has 0 fully saturated rings. The molecule has 0 spiro atoms. The first-order valence-corrected chi connectivity index (χ1v) is 4.19. The van der Waals surface area contributed by atoms with Gasteiger partial charge in [-0.05, 0) is 6.07 Å². The number of rotatable bonds is 4. The van der Waals surface area contributed by atoms with Crippen LogP contribution in [0.1, 0.15) is 11.5 Å². The molecule has 0 amide bonds. The van der Waals surface area contributed by atoms with Gasteiger partial charge in [0.1, 0.15) is 5.75 Å². The predicted molar refractivity (Wildman–Crippen MR) is 53.0 cm³/mol. The molecule has 0 aliphatic carbocycles. The number of aliphatic hydroxyl groups excluding tert-OH is 1. The van der Waals surface area contributed by atoms with E-state index in [9.17, 15) is 0 Å². The molecule has 0 aliphatic rings. The second-order valence-corrected chi connectivity index (χ2v) is 2.77. The molecular weight excluding hydrogens is 164 g/mol. The van der Waals surface area contributed by atoms with Crippen LogP contribution >= 0.6 is 0 Å². The molecule has 1 unspecified atom stereocenters. The molecule has 0 heterocycles. The molecule has 0 aromatic heterocycles. The van der Waals surface area contributed by atoms with Gasteiger partial charge in [0.05, 0.1) is 13.7 Å². The maximum Gasteiger partial charge on any atom is 0.122 e. The Morgan fingerprint density at radius 2 is 2.23 bits per heavy atom. The van der Waals surface area contributed by atoms with Crippen LogP contribution in [0.5, 0.6) is 5.75 Å². The number of hydrogen-bond acceptors (Lipinski definition) is 2. The molecule has 1 aromatic carbocycles. The maximum atomic E-state index is 9.07. The van der Waals surface area contributed by atoms with Crippen molar-refractivity contribution in [3.63, 3.8) is 0 Å². The highest BCUT2D eigenvalue weighted by atomic mass is 16.5. The summed E-state index contributed by atoms with van der Waals surface area (Å²) in [5.74, 6) is 0.748. The zero-order valence-electron chi connectivity index (χ0n) is 7.73. The Bertz CT molecular complexity index is 281. The summed E-state index contributed by atoms with van der Waals surface area (Å²) in [6.45, 7) is 3.73. The van der Waals surface area contributed by atoms with Crippen molar-refractivity contribution < 1.29 is 9.84 Å². The van der Waals surface area contributed by atoms with Crippen LogP contribution in [-0.2, 0) is 0 Å². The van der Waals surface area contributed by atoms with Gasteiger partial charge in [0, 0.05) is 11.5 Å². The van der Waals surface area contributed by atoms with Gasteiger partial charge in [0.25, 0.3) is 0 Å². The number of para-hydroxylation sites is 1. The van der Waals surface area contributed by atoms with Crippen LogP contribution in [0.4, 0.5) is 0 Å². The minimum Gasteiger partial charge on any atom is -0.496 e. The minimum atomic E-state index is -0.0452. The van der Waals surface area contributed by atoms with E-state index in [4.69, 9.17) is 9.84 Å². The van der Waals surface area contributed by atoms with Crippen LogP contribution < -0.4 is 4.74 Å². The van der Waals surface area contributed by atoms with Crippen LogP contribution in [0.15, 0.2) is 36.9 Å². The Kier molecular flexibility index (Phi) is 3.53. The number of ether oxygens (including phenoxy) is 1. The minimum absolute atomic E-state index is 0.0452. The molecule has 13 heavy (non-hydrogen) atoms. The summed E-state index contributed by atoms with van der Waals surface area (Å²) in [5.41, 5.74) is 0.975. The molecule has 70 valence electrons. The normalized spacial score (nSPS) is 12.2. The Labute approximate surface area is 78.5 Å². The average molecular weight is 178 g/mol. The van der Waals surface area contributed by atoms with Crippen LogP contribution in [0.3, 0.4) is 0 Å². The first-order valence-electron chi connectivity index (χ1n) is 4.19. The summed E-state index contributed by atoms with van der Waals surface area (Å²) in [7, 11) is 1.62. The Balaban J connectivity index is 3.03. The van der Waals surface area contributed by atoms with Gasteiger partial charge in [0.2, 0.25) is 0 Å². The Morgan fingerprint density at radius 1 is 1.54 bits per heavy atom. The van der Waals surface area contributed by atoms with Crippen molar-refractivity contribution in [2.24, 2.45) is 0 Å². The van der Waals surface area contributed by atoms with Crippen molar-refractivity contribution in [2.45, 2.75) is 5.92 Å². The van der Waals surface area contributed by atoms with Crippen LogP contribution in [0.2, 0.25) is 0 Å². The van der Waals surface area contributed by atoms with Crippen molar-refractivity contribution in [1.82, 2.24) is 0 Å². The lowest BCUT2D eigenvalue weighted by Gasteiger charge is -2.13. The molecule has 2 nitrogen and oxygen atoms in total. The highest BCUT2D eigenvalue weighted by Gasteiger charge is 2.10. The van der Waals surface area contributed by atoms with E-state index in [1.165, 1.54) is 0 Å². The molecule has 0 radical (unpaired) electrons. The van der Waals surface area contributed by atoms with Gasteiger partial charge < -0.3 is 9.84 Å². The van der Waals surface area contributed by atoms with Gasteiger partial charge in [-0.1, -0.05) is 24.3 Å². The van der Waals surface area contributed by atoms with Gasteiger partial charge in [-0.15, -0.1) is 6.58 Å². The quantitative estimate of drug-likeness (QED) is 0.714. The zero-order chi connectivity index (χ0) is 9.68. The number of benzene rings is 1. The first-order chi connectivity index (χ1) is 6.33. The van der Waals surface area contributed by atoms with E-state index in [-0.39, 0.29) is 12.5 Å². The van der Waals surface area contributed by atoms with Gasteiger partial charge >= 0.3 is 0 Å². The molecule has 2 heteroatoms. The third-order valence-corrected chi connectivity index (χ3v) is 2.02. The van der Waals surface area contributed by atoms with Crippen molar-refractivity contribution in [3.8, 4) is 5.75 Å². The van der Waals surface area contributed by atoms with Crippen molar-refractivity contribution in [2.75, 3.05) is 13.7 Å².